The van der Waals surface area contributed by atoms with Crippen molar-refractivity contribution in [1.82, 2.24) is 0 Å². The molecule has 7 heteroatoms. The van der Waals surface area contributed by atoms with E-state index >= 15 is 0 Å². The van der Waals surface area contributed by atoms with Crippen molar-refractivity contribution in [2.45, 2.75) is 6.42 Å². The molecule has 0 saturated carbocycles. The fraction of sp³-hybridized carbons (Fsp3) is 0.0909. The molecule has 6 nitrogen and oxygen atoms in total. The van der Waals surface area contributed by atoms with Crippen molar-refractivity contribution in [2.75, 3.05) is 14.2 Å². The minimum atomic E-state index is -0.347. The second-order valence-corrected chi connectivity index (χ2v) is 8.37. The number of phenols is 2. The van der Waals surface area contributed by atoms with E-state index in [0.29, 0.717) is 22.6 Å². The van der Waals surface area contributed by atoms with Gasteiger partial charge in [0.05, 0.1) is 20.6 Å². The molecule has 0 saturated heterocycles. The molecule has 0 unspecified atom stereocenters. The maximum absolute atomic E-state index is 11.9. The van der Waals surface area contributed by atoms with E-state index in [9.17, 15) is 19.8 Å². The first-order valence-corrected chi connectivity index (χ1v) is 12.2. The zero-order chi connectivity index (χ0) is 28.0. The molecular formula is C33H30O6Os. The predicted molar refractivity (Wildman–Crippen MR) is 154 cm³/mol. The first kappa shape index (κ1) is 31.8. The number of aromatic hydroxyl groups is 2. The number of rotatable bonds is 9. The fourth-order valence-corrected chi connectivity index (χ4v) is 3.52. The Bertz CT molecular complexity index is 1340. The molecule has 4 rings (SSSR count). The maximum atomic E-state index is 11.9. The molecule has 0 aliphatic carbocycles. The molecule has 0 aliphatic heterocycles. The number of allylic oxidation sites excluding steroid dienone is 2. The average molecular weight is 713 g/mol. The topological polar surface area (TPSA) is 93.1 Å². The van der Waals surface area contributed by atoms with Crippen LogP contribution in [0.2, 0.25) is 0 Å². The van der Waals surface area contributed by atoms with Crippen molar-refractivity contribution in [3.63, 3.8) is 0 Å². The number of benzene rings is 4. The third-order valence-electron chi connectivity index (χ3n) is 5.56. The summed E-state index contributed by atoms with van der Waals surface area (Å²) in [5, 5.41) is 19.1. The first-order chi connectivity index (χ1) is 18.9. The predicted octanol–water partition coefficient (Wildman–Crippen LogP) is 6.72. The summed E-state index contributed by atoms with van der Waals surface area (Å²) < 4.78 is 10.00. The van der Waals surface area contributed by atoms with Crippen molar-refractivity contribution in [3.8, 4) is 34.1 Å². The maximum Gasteiger partial charge on any atom is 0.163 e. The molecule has 0 amide bonds. The Morgan fingerprint density at radius 2 is 1.00 bits per heavy atom. The quantitative estimate of drug-likeness (QED) is 0.148. The van der Waals surface area contributed by atoms with Crippen LogP contribution in [0.4, 0.5) is 0 Å². The van der Waals surface area contributed by atoms with Crippen LogP contribution in [0.1, 0.15) is 17.5 Å². The van der Waals surface area contributed by atoms with Crippen LogP contribution in [-0.2, 0) is 29.4 Å². The van der Waals surface area contributed by atoms with Crippen molar-refractivity contribution >= 4 is 23.7 Å². The summed E-state index contributed by atoms with van der Waals surface area (Å²) in [4.78, 5) is 23.9. The summed E-state index contributed by atoms with van der Waals surface area (Å²) in [6.07, 6.45) is 5.44. The smallest absolute Gasteiger partial charge is 0.163 e. The molecule has 40 heavy (non-hydrogen) atoms. The minimum Gasteiger partial charge on any atom is -0.504 e. The van der Waals surface area contributed by atoms with Gasteiger partial charge in [-0.25, -0.2) is 0 Å². The zero-order valence-corrected chi connectivity index (χ0v) is 24.7. The molecule has 0 bridgehead atoms. The van der Waals surface area contributed by atoms with Gasteiger partial charge in [0.15, 0.2) is 34.6 Å². The summed E-state index contributed by atoms with van der Waals surface area (Å²) in [5.74, 6) is -0.0832. The van der Waals surface area contributed by atoms with E-state index in [-0.39, 0.29) is 49.3 Å². The molecule has 0 aromatic heterocycles. The van der Waals surface area contributed by atoms with E-state index in [4.69, 9.17) is 9.47 Å². The van der Waals surface area contributed by atoms with Crippen molar-refractivity contribution in [3.05, 3.63) is 120 Å². The van der Waals surface area contributed by atoms with Gasteiger partial charge in [-0.05, 0) is 58.7 Å². The van der Waals surface area contributed by atoms with E-state index in [1.807, 2.05) is 12.1 Å². The van der Waals surface area contributed by atoms with Gasteiger partial charge in [-0.15, -0.1) is 0 Å². The summed E-state index contributed by atoms with van der Waals surface area (Å²) in [6, 6.07) is 30.1. The molecule has 0 heterocycles. The van der Waals surface area contributed by atoms with Gasteiger partial charge in [0.1, 0.15) is 0 Å². The number of methoxy groups -OCH3 is 2. The molecule has 2 N–H and O–H groups in total. The van der Waals surface area contributed by atoms with Crippen LogP contribution in [0.5, 0.6) is 23.0 Å². The third kappa shape index (κ3) is 10.0. The normalized spacial score (nSPS) is 10.3. The van der Waals surface area contributed by atoms with E-state index in [0.717, 1.165) is 0 Å². The average Bonchev–Trinajstić information content (AvgIpc) is 2.97. The largest absolute Gasteiger partial charge is 0.504 e. The molecule has 0 spiro atoms. The second kappa shape index (κ2) is 16.5. The molecule has 0 fully saturated rings. The first-order valence-electron chi connectivity index (χ1n) is 12.2. The fourth-order valence-electron chi connectivity index (χ4n) is 3.52. The second-order valence-electron chi connectivity index (χ2n) is 8.37. The van der Waals surface area contributed by atoms with Crippen LogP contribution >= 0.6 is 0 Å². The van der Waals surface area contributed by atoms with Crippen LogP contribution in [0.25, 0.3) is 23.3 Å². The van der Waals surface area contributed by atoms with Crippen molar-refractivity contribution in [2.24, 2.45) is 0 Å². The molecule has 206 valence electrons. The van der Waals surface area contributed by atoms with Crippen LogP contribution in [-0.4, -0.2) is 36.0 Å². The Balaban J connectivity index is 0.000000358. The van der Waals surface area contributed by atoms with Gasteiger partial charge < -0.3 is 19.7 Å². The monoisotopic (exact) mass is 714 g/mol. The minimum absolute atomic E-state index is 0. The Hall–Kier alpha value is -4.46. The van der Waals surface area contributed by atoms with Crippen LogP contribution in [0.3, 0.4) is 0 Å². The van der Waals surface area contributed by atoms with E-state index in [1.54, 1.807) is 36.4 Å². The SMILES string of the molecule is COc1cc(/C=C/C(=O)CC(=O)/C=C/c2ccc(O)c(OC)c2)ccc1O.[Os].c1ccc(-c2ccccc2)cc1. The Morgan fingerprint density at radius 3 is 1.35 bits per heavy atom. The van der Waals surface area contributed by atoms with Crippen molar-refractivity contribution < 1.29 is 49.1 Å². The zero-order valence-electron chi connectivity index (χ0n) is 22.1. The van der Waals surface area contributed by atoms with E-state index in [2.05, 4.69) is 48.5 Å². The van der Waals surface area contributed by atoms with Crippen molar-refractivity contribution in [1.29, 1.82) is 0 Å². The Labute approximate surface area is 247 Å². The summed E-state index contributed by atoms with van der Waals surface area (Å²) in [5.41, 5.74) is 3.88. The number of carbonyl (C=O) groups excluding carboxylic acids is 2. The van der Waals surface area contributed by atoms with E-state index in [1.165, 1.54) is 49.6 Å². The van der Waals surface area contributed by atoms with Gasteiger partial charge in [0, 0.05) is 19.8 Å². The summed E-state index contributed by atoms with van der Waals surface area (Å²) >= 11 is 0. The molecule has 0 aliphatic rings. The standard InChI is InChI=1S/C21H20O6.C12H10.Os/c1-26-20-11-14(5-9-18(20)24)3-7-16(22)13-17(23)8-4-15-6-10-19(25)21(12-15)27-2;1-3-7-11(8-4-1)12-9-5-2-6-10-12;/h3-12,24-25H,13H2,1-2H3;1-10H;/b7-3+,8-4+;;. The summed E-state index contributed by atoms with van der Waals surface area (Å²) in [7, 11) is 2.87. The molecule has 4 aromatic rings. The van der Waals surface area contributed by atoms with Gasteiger partial charge in [0.2, 0.25) is 0 Å². The van der Waals surface area contributed by atoms with Gasteiger partial charge in [-0.1, -0.05) is 84.9 Å². The molecule has 4 aromatic carbocycles. The molecule has 0 radical (unpaired) electrons. The van der Waals surface area contributed by atoms with Crippen LogP contribution in [0, 0.1) is 0 Å². The van der Waals surface area contributed by atoms with Gasteiger partial charge in [0.25, 0.3) is 0 Å². The number of ketones is 2. The third-order valence-corrected chi connectivity index (χ3v) is 5.56. The van der Waals surface area contributed by atoms with Crippen LogP contribution < -0.4 is 9.47 Å². The molecular weight excluding hydrogens is 683 g/mol. The van der Waals surface area contributed by atoms with Crippen LogP contribution in [0.15, 0.2) is 109 Å². The van der Waals surface area contributed by atoms with Gasteiger partial charge in [-0.2, -0.15) is 0 Å². The number of hydrogen-bond acceptors (Lipinski definition) is 6. The molecule has 0 atom stereocenters. The Kier molecular flexibility index (Phi) is 13.1. The Morgan fingerprint density at radius 1 is 0.625 bits per heavy atom. The number of carbonyl (C=O) groups is 2. The van der Waals surface area contributed by atoms with E-state index < -0.39 is 0 Å². The van der Waals surface area contributed by atoms with Gasteiger partial charge >= 0.3 is 0 Å². The number of ether oxygens (including phenoxy) is 2. The number of hydrogen-bond donors (Lipinski definition) is 2. The summed E-state index contributed by atoms with van der Waals surface area (Å²) in [6.45, 7) is 0. The number of phenolic OH excluding ortho intramolecular Hbond substituents is 2. The van der Waals surface area contributed by atoms with Gasteiger partial charge in [-0.3, -0.25) is 9.59 Å².